The lowest BCUT2D eigenvalue weighted by molar-refractivity contribution is -0.146. The lowest BCUT2D eigenvalue weighted by Crippen LogP contribution is -2.53. The standard InChI is InChI=1S/C19H26FN3O2/c20-16-9-5-6-10-17(16)22-11-13-23(14-12-22)19(25)18(24)21-15-7-3-1-2-4-8-15/h5-6,9-10,15H,1-4,7-8,11-14H2,(H,21,24). The number of anilines is 1. The molecule has 0 spiro atoms. The molecule has 2 aliphatic rings. The highest BCUT2D eigenvalue weighted by atomic mass is 19.1. The van der Waals surface area contributed by atoms with Gasteiger partial charge in [0, 0.05) is 32.2 Å². The monoisotopic (exact) mass is 347 g/mol. The summed E-state index contributed by atoms with van der Waals surface area (Å²) in [5.74, 6) is -1.21. The third kappa shape index (κ3) is 4.50. The molecular weight excluding hydrogens is 321 g/mol. The Morgan fingerprint density at radius 2 is 1.60 bits per heavy atom. The van der Waals surface area contributed by atoms with Gasteiger partial charge in [-0.05, 0) is 25.0 Å². The highest BCUT2D eigenvalue weighted by Crippen LogP contribution is 2.20. The molecule has 2 amide bonds. The van der Waals surface area contributed by atoms with Crippen LogP contribution in [-0.4, -0.2) is 48.9 Å². The average Bonchev–Trinajstić information content (AvgIpc) is 2.90. The van der Waals surface area contributed by atoms with Gasteiger partial charge in [-0.1, -0.05) is 37.8 Å². The van der Waals surface area contributed by atoms with Crippen molar-refractivity contribution >= 4 is 17.5 Å². The zero-order valence-electron chi connectivity index (χ0n) is 14.5. The molecule has 25 heavy (non-hydrogen) atoms. The van der Waals surface area contributed by atoms with Crippen molar-refractivity contribution in [2.75, 3.05) is 31.1 Å². The highest BCUT2D eigenvalue weighted by molar-refractivity contribution is 6.35. The van der Waals surface area contributed by atoms with Gasteiger partial charge < -0.3 is 15.1 Å². The molecular formula is C19H26FN3O2. The molecule has 5 nitrogen and oxygen atoms in total. The number of carbonyl (C=O) groups is 2. The number of amides is 2. The van der Waals surface area contributed by atoms with Crippen LogP contribution in [0.2, 0.25) is 0 Å². The molecule has 0 atom stereocenters. The minimum atomic E-state index is -0.494. The molecule has 0 radical (unpaired) electrons. The van der Waals surface area contributed by atoms with Crippen molar-refractivity contribution in [1.82, 2.24) is 10.2 Å². The molecule has 0 aromatic heterocycles. The predicted molar refractivity (Wildman–Crippen MR) is 94.8 cm³/mol. The van der Waals surface area contributed by atoms with E-state index in [4.69, 9.17) is 0 Å². The maximum atomic E-state index is 13.9. The molecule has 1 saturated heterocycles. The largest absolute Gasteiger partial charge is 0.366 e. The Balaban J connectivity index is 1.51. The smallest absolute Gasteiger partial charge is 0.312 e. The van der Waals surface area contributed by atoms with Gasteiger partial charge in [0.15, 0.2) is 0 Å². The van der Waals surface area contributed by atoms with E-state index >= 15 is 0 Å². The van der Waals surface area contributed by atoms with Gasteiger partial charge in [-0.3, -0.25) is 9.59 Å². The first-order valence-electron chi connectivity index (χ1n) is 9.24. The molecule has 1 aliphatic heterocycles. The summed E-state index contributed by atoms with van der Waals surface area (Å²) in [6.45, 7) is 1.93. The van der Waals surface area contributed by atoms with E-state index in [9.17, 15) is 14.0 Å². The van der Waals surface area contributed by atoms with Crippen LogP contribution in [0.15, 0.2) is 24.3 Å². The summed E-state index contributed by atoms with van der Waals surface area (Å²) in [4.78, 5) is 28.1. The molecule has 3 rings (SSSR count). The van der Waals surface area contributed by atoms with Crippen LogP contribution in [-0.2, 0) is 9.59 Å². The van der Waals surface area contributed by atoms with Crippen LogP contribution in [0.25, 0.3) is 0 Å². The molecule has 0 unspecified atom stereocenters. The minimum Gasteiger partial charge on any atom is -0.366 e. The van der Waals surface area contributed by atoms with Gasteiger partial charge in [0.1, 0.15) is 5.82 Å². The number of carbonyl (C=O) groups excluding carboxylic acids is 2. The van der Waals surface area contributed by atoms with Gasteiger partial charge in [-0.25, -0.2) is 4.39 Å². The van der Waals surface area contributed by atoms with Crippen molar-refractivity contribution in [2.24, 2.45) is 0 Å². The van der Waals surface area contributed by atoms with Crippen molar-refractivity contribution in [3.63, 3.8) is 0 Å². The van der Waals surface area contributed by atoms with Gasteiger partial charge in [-0.2, -0.15) is 0 Å². The zero-order chi connectivity index (χ0) is 17.6. The number of nitrogens with one attached hydrogen (secondary N) is 1. The number of para-hydroxylation sites is 1. The first-order chi connectivity index (χ1) is 12.1. The first kappa shape index (κ1) is 17.7. The molecule has 136 valence electrons. The number of benzene rings is 1. The number of hydrogen-bond donors (Lipinski definition) is 1. The Kier molecular flexibility index (Phi) is 5.89. The third-order valence-electron chi connectivity index (χ3n) is 5.14. The van der Waals surface area contributed by atoms with E-state index < -0.39 is 11.8 Å². The summed E-state index contributed by atoms with van der Waals surface area (Å²) < 4.78 is 13.9. The molecule has 1 heterocycles. The predicted octanol–water partition coefficient (Wildman–Crippen LogP) is 2.31. The molecule has 1 saturated carbocycles. The Bertz CT molecular complexity index is 606. The second-order valence-corrected chi connectivity index (χ2v) is 6.89. The molecule has 0 bridgehead atoms. The van der Waals surface area contributed by atoms with Crippen molar-refractivity contribution in [1.29, 1.82) is 0 Å². The summed E-state index contributed by atoms with van der Waals surface area (Å²) in [5, 5.41) is 2.90. The Morgan fingerprint density at radius 3 is 2.24 bits per heavy atom. The average molecular weight is 347 g/mol. The van der Waals surface area contributed by atoms with Crippen LogP contribution >= 0.6 is 0 Å². The second-order valence-electron chi connectivity index (χ2n) is 6.89. The fourth-order valence-corrected chi connectivity index (χ4v) is 3.67. The van der Waals surface area contributed by atoms with Crippen LogP contribution in [0.4, 0.5) is 10.1 Å². The maximum Gasteiger partial charge on any atom is 0.312 e. The molecule has 2 fully saturated rings. The van der Waals surface area contributed by atoms with Crippen molar-refractivity contribution in [2.45, 2.75) is 44.6 Å². The fraction of sp³-hybridized carbons (Fsp3) is 0.579. The van der Waals surface area contributed by atoms with Gasteiger partial charge in [0.25, 0.3) is 0 Å². The van der Waals surface area contributed by atoms with Crippen molar-refractivity contribution < 1.29 is 14.0 Å². The zero-order valence-corrected chi connectivity index (χ0v) is 14.5. The summed E-state index contributed by atoms with van der Waals surface area (Å²) in [5.41, 5.74) is 0.553. The van der Waals surface area contributed by atoms with Crippen LogP contribution in [0.5, 0.6) is 0 Å². The van der Waals surface area contributed by atoms with Crippen LogP contribution in [0.3, 0.4) is 0 Å². The molecule has 1 aliphatic carbocycles. The summed E-state index contributed by atoms with van der Waals surface area (Å²) in [6.07, 6.45) is 6.55. The van der Waals surface area contributed by atoms with Gasteiger partial charge in [0.05, 0.1) is 5.69 Å². The van der Waals surface area contributed by atoms with E-state index in [1.54, 1.807) is 23.1 Å². The molecule has 6 heteroatoms. The minimum absolute atomic E-state index is 0.124. The van der Waals surface area contributed by atoms with Gasteiger partial charge >= 0.3 is 11.8 Å². The number of halogens is 1. The first-order valence-corrected chi connectivity index (χ1v) is 9.24. The van der Waals surface area contributed by atoms with Crippen LogP contribution in [0.1, 0.15) is 38.5 Å². The highest BCUT2D eigenvalue weighted by Gasteiger charge is 2.28. The Hall–Kier alpha value is -2.11. The lowest BCUT2D eigenvalue weighted by Gasteiger charge is -2.36. The SMILES string of the molecule is O=C(NC1CCCCCC1)C(=O)N1CCN(c2ccccc2F)CC1. The Morgan fingerprint density at radius 1 is 0.960 bits per heavy atom. The van der Waals surface area contributed by atoms with Crippen molar-refractivity contribution in [3.05, 3.63) is 30.1 Å². The fourth-order valence-electron chi connectivity index (χ4n) is 3.67. The molecule has 1 N–H and O–H groups in total. The van der Waals surface area contributed by atoms with Gasteiger partial charge in [-0.15, -0.1) is 0 Å². The van der Waals surface area contributed by atoms with E-state index in [1.807, 2.05) is 4.90 Å². The molecule has 1 aromatic carbocycles. The maximum absolute atomic E-state index is 13.9. The van der Waals surface area contributed by atoms with E-state index in [1.165, 1.54) is 18.9 Å². The second kappa shape index (κ2) is 8.32. The lowest BCUT2D eigenvalue weighted by atomic mass is 10.1. The summed E-state index contributed by atoms with van der Waals surface area (Å²) >= 11 is 0. The topological polar surface area (TPSA) is 52.7 Å². The normalized spacial score (nSPS) is 19.4. The van der Waals surface area contributed by atoms with Gasteiger partial charge in [0.2, 0.25) is 0 Å². The number of nitrogens with zero attached hydrogens (tertiary/aromatic N) is 2. The number of rotatable bonds is 2. The Labute approximate surface area is 148 Å². The van der Waals surface area contributed by atoms with Crippen LogP contribution in [0, 0.1) is 5.82 Å². The van der Waals surface area contributed by atoms with Crippen molar-refractivity contribution in [3.8, 4) is 0 Å². The van der Waals surface area contributed by atoms with E-state index in [-0.39, 0.29) is 11.9 Å². The number of hydrogen-bond acceptors (Lipinski definition) is 3. The quantitative estimate of drug-likeness (QED) is 0.660. The number of piperazine rings is 1. The summed E-state index contributed by atoms with van der Waals surface area (Å²) in [7, 11) is 0. The van der Waals surface area contributed by atoms with E-state index in [0.29, 0.717) is 31.9 Å². The summed E-state index contributed by atoms with van der Waals surface area (Å²) in [6, 6.07) is 6.77. The van der Waals surface area contributed by atoms with E-state index in [2.05, 4.69) is 5.32 Å². The van der Waals surface area contributed by atoms with E-state index in [0.717, 1.165) is 25.7 Å². The van der Waals surface area contributed by atoms with Crippen LogP contribution < -0.4 is 10.2 Å². The molecule has 1 aromatic rings. The third-order valence-corrected chi connectivity index (χ3v) is 5.14.